The molecular formula is C55H110N2. The molecule has 0 amide bonds. The van der Waals surface area contributed by atoms with Crippen LogP contribution in [-0.2, 0) is 0 Å². The molecule has 2 nitrogen and oxygen atoms in total. The summed E-state index contributed by atoms with van der Waals surface area (Å²) in [6, 6.07) is 0. The number of rotatable bonds is 49. The Kier molecular flexibility index (Phi) is 44.3. The minimum absolute atomic E-state index is 0.634. The summed E-state index contributed by atoms with van der Waals surface area (Å²) >= 11 is 0. The molecular weight excluding hydrogens is 689 g/mol. The molecule has 0 aromatic rings. The molecule has 57 heavy (non-hydrogen) atoms. The number of hydrogen-bond acceptors (Lipinski definition) is 2. The lowest BCUT2D eigenvalue weighted by Gasteiger charge is -2.33. The van der Waals surface area contributed by atoms with Crippen molar-refractivity contribution in [3.63, 3.8) is 0 Å². The maximum atomic E-state index is 2.75. The van der Waals surface area contributed by atoms with Crippen LogP contribution in [0.2, 0.25) is 0 Å². The predicted octanol–water partition coefficient (Wildman–Crippen LogP) is 19.8. The van der Waals surface area contributed by atoms with Crippen molar-refractivity contribution >= 4 is 0 Å². The van der Waals surface area contributed by atoms with Gasteiger partial charge in [-0.2, -0.15) is 0 Å². The smallest absolute Gasteiger partial charge is 0.101 e. The van der Waals surface area contributed by atoms with Crippen LogP contribution in [0.5, 0.6) is 0 Å². The summed E-state index contributed by atoms with van der Waals surface area (Å²) in [5.41, 5.74) is 0. The van der Waals surface area contributed by atoms with E-state index >= 15 is 0 Å². The topological polar surface area (TPSA) is 6.48 Å². The summed E-state index contributed by atoms with van der Waals surface area (Å²) in [4.78, 5) is 5.50. The molecule has 1 heterocycles. The average Bonchev–Trinajstić information content (AvgIpc) is 3.61. The standard InChI is InChI=1S/C55H110N2/c1-4-7-10-13-16-19-22-25-27-29-30-32-35-38-41-44-47-50-55-56(51-48-45-42-39-36-33-24-21-18-15-12-9-6-3)53-54-57(55)52-49-46-43-40-37-34-31-28-26-23-20-17-14-11-8-5-2/h53-55H,4-52H2,1-3H3. The van der Waals surface area contributed by atoms with Gasteiger partial charge in [0.2, 0.25) is 0 Å². The van der Waals surface area contributed by atoms with Crippen LogP contribution in [0.1, 0.15) is 323 Å². The average molecular weight is 799 g/mol. The van der Waals surface area contributed by atoms with Crippen LogP contribution in [0.25, 0.3) is 0 Å². The van der Waals surface area contributed by atoms with Gasteiger partial charge >= 0.3 is 0 Å². The SMILES string of the molecule is CCCCCCCCCCCCCCCCCCCC1N(CCCCCCCCCCCCCCC)C=CN1CCCCCCCCCCCCCCCCCC. The molecule has 1 atom stereocenters. The molecule has 0 saturated carbocycles. The third-order valence-electron chi connectivity index (χ3n) is 13.6. The molecule has 0 bridgehead atoms. The maximum Gasteiger partial charge on any atom is 0.101 e. The summed E-state index contributed by atoms with van der Waals surface area (Å²) in [6.07, 6.45) is 73.8. The van der Waals surface area contributed by atoms with Crippen molar-refractivity contribution in [2.24, 2.45) is 0 Å². The van der Waals surface area contributed by atoms with E-state index in [1.807, 2.05) is 0 Å². The summed E-state index contributed by atoms with van der Waals surface area (Å²) in [5, 5.41) is 0. The number of nitrogens with zero attached hydrogens (tertiary/aromatic N) is 2. The zero-order valence-electron chi connectivity index (χ0n) is 40.3. The first-order chi connectivity index (χ1) is 28.3. The summed E-state index contributed by atoms with van der Waals surface area (Å²) in [5.74, 6) is 0. The molecule has 0 spiro atoms. The Balaban J connectivity index is 2.19. The van der Waals surface area contributed by atoms with Crippen LogP contribution in [-0.4, -0.2) is 29.1 Å². The van der Waals surface area contributed by atoms with E-state index in [2.05, 4.69) is 43.0 Å². The molecule has 0 aromatic carbocycles. The Morgan fingerprint density at radius 2 is 0.404 bits per heavy atom. The normalized spacial score (nSPS) is 14.2. The van der Waals surface area contributed by atoms with Crippen LogP contribution in [0.4, 0.5) is 0 Å². The Bertz CT molecular complexity index is 762. The van der Waals surface area contributed by atoms with Crippen molar-refractivity contribution in [1.82, 2.24) is 9.80 Å². The largest absolute Gasteiger partial charge is 0.356 e. The fourth-order valence-corrected chi connectivity index (χ4v) is 9.55. The van der Waals surface area contributed by atoms with Gasteiger partial charge in [0.25, 0.3) is 0 Å². The number of hydrogen-bond donors (Lipinski definition) is 0. The van der Waals surface area contributed by atoms with E-state index in [0.29, 0.717) is 6.17 Å². The lowest BCUT2D eigenvalue weighted by atomic mass is 10.0. The quantitative estimate of drug-likeness (QED) is 0.0566. The predicted molar refractivity (Wildman–Crippen MR) is 260 cm³/mol. The Morgan fingerprint density at radius 1 is 0.228 bits per heavy atom. The van der Waals surface area contributed by atoms with E-state index in [1.54, 1.807) is 0 Å². The molecule has 0 radical (unpaired) electrons. The van der Waals surface area contributed by atoms with Crippen LogP contribution in [0.3, 0.4) is 0 Å². The van der Waals surface area contributed by atoms with E-state index in [-0.39, 0.29) is 0 Å². The fourth-order valence-electron chi connectivity index (χ4n) is 9.55. The lowest BCUT2D eigenvalue weighted by Crippen LogP contribution is -2.39. The number of unbranched alkanes of at least 4 members (excludes halogenated alkanes) is 43. The Labute approximate surface area is 362 Å². The fraction of sp³-hybridized carbons (Fsp3) is 0.964. The van der Waals surface area contributed by atoms with E-state index in [1.165, 1.54) is 315 Å². The summed E-state index contributed by atoms with van der Waals surface area (Å²) in [6.45, 7) is 9.50. The van der Waals surface area contributed by atoms with Crippen LogP contribution in [0, 0.1) is 0 Å². The molecule has 0 aromatic heterocycles. The van der Waals surface area contributed by atoms with Gasteiger partial charge in [-0.1, -0.05) is 297 Å². The van der Waals surface area contributed by atoms with Crippen LogP contribution >= 0.6 is 0 Å². The lowest BCUT2D eigenvalue weighted by molar-refractivity contribution is 0.135. The molecule has 0 aliphatic carbocycles. The van der Waals surface area contributed by atoms with Gasteiger partial charge in [0.15, 0.2) is 0 Å². The molecule has 0 fully saturated rings. The third kappa shape index (κ3) is 38.0. The van der Waals surface area contributed by atoms with Gasteiger partial charge in [-0.05, 0) is 25.7 Å². The summed E-state index contributed by atoms with van der Waals surface area (Å²) < 4.78 is 0. The molecule has 1 aliphatic heterocycles. The van der Waals surface area contributed by atoms with Crippen molar-refractivity contribution in [2.45, 2.75) is 329 Å². The van der Waals surface area contributed by atoms with Crippen molar-refractivity contribution in [3.05, 3.63) is 12.4 Å². The van der Waals surface area contributed by atoms with Crippen LogP contribution in [0.15, 0.2) is 12.4 Å². The molecule has 1 rings (SSSR count). The first-order valence-corrected chi connectivity index (χ1v) is 27.5. The van der Waals surface area contributed by atoms with Gasteiger partial charge in [-0.15, -0.1) is 0 Å². The molecule has 1 aliphatic rings. The summed E-state index contributed by atoms with van der Waals surface area (Å²) in [7, 11) is 0. The molecule has 2 heteroatoms. The Morgan fingerprint density at radius 3 is 0.614 bits per heavy atom. The molecule has 0 N–H and O–H groups in total. The highest BCUT2D eigenvalue weighted by atomic mass is 15.4. The van der Waals surface area contributed by atoms with Gasteiger partial charge in [-0.3, -0.25) is 0 Å². The van der Waals surface area contributed by atoms with E-state index in [4.69, 9.17) is 0 Å². The van der Waals surface area contributed by atoms with Crippen molar-refractivity contribution < 1.29 is 0 Å². The van der Waals surface area contributed by atoms with E-state index < -0.39 is 0 Å². The van der Waals surface area contributed by atoms with Crippen molar-refractivity contribution in [2.75, 3.05) is 13.1 Å². The first kappa shape index (κ1) is 54.4. The molecule has 1 unspecified atom stereocenters. The van der Waals surface area contributed by atoms with Gasteiger partial charge < -0.3 is 9.80 Å². The van der Waals surface area contributed by atoms with Gasteiger partial charge in [0.05, 0.1) is 0 Å². The van der Waals surface area contributed by atoms with Gasteiger partial charge in [-0.25, -0.2) is 0 Å². The van der Waals surface area contributed by atoms with E-state index in [9.17, 15) is 0 Å². The van der Waals surface area contributed by atoms with Crippen LogP contribution < -0.4 is 0 Å². The third-order valence-corrected chi connectivity index (χ3v) is 13.6. The second-order valence-corrected chi connectivity index (χ2v) is 19.2. The van der Waals surface area contributed by atoms with Gasteiger partial charge in [0, 0.05) is 25.5 Å². The maximum absolute atomic E-state index is 2.75. The highest BCUT2D eigenvalue weighted by Crippen LogP contribution is 2.24. The highest BCUT2D eigenvalue weighted by Gasteiger charge is 2.25. The zero-order valence-corrected chi connectivity index (χ0v) is 40.3. The highest BCUT2D eigenvalue weighted by molar-refractivity contribution is 4.97. The molecule has 0 saturated heterocycles. The van der Waals surface area contributed by atoms with Crippen molar-refractivity contribution in [1.29, 1.82) is 0 Å². The van der Waals surface area contributed by atoms with Crippen molar-refractivity contribution in [3.8, 4) is 0 Å². The van der Waals surface area contributed by atoms with E-state index in [0.717, 1.165) is 0 Å². The minimum atomic E-state index is 0.634. The monoisotopic (exact) mass is 799 g/mol. The Hall–Kier alpha value is -0.660. The van der Waals surface area contributed by atoms with Gasteiger partial charge in [0.1, 0.15) is 6.17 Å². The first-order valence-electron chi connectivity index (χ1n) is 27.5. The zero-order chi connectivity index (χ0) is 40.8. The second kappa shape index (κ2) is 46.4. The minimum Gasteiger partial charge on any atom is -0.356 e. The molecule has 340 valence electrons. The second-order valence-electron chi connectivity index (χ2n) is 19.2.